The highest BCUT2D eigenvalue weighted by atomic mass is 16.5. The fourth-order valence-electron chi connectivity index (χ4n) is 2.29. The number of nitrogens with one attached hydrogen (secondary N) is 1. The van der Waals surface area contributed by atoms with Gasteiger partial charge in [-0.05, 0) is 29.5 Å². The highest BCUT2D eigenvalue weighted by molar-refractivity contribution is 5.91. The molecular weight excluding hydrogens is 224 g/mol. The second kappa shape index (κ2) is 3.47. The van der Waals surface area contributed by atoms with Crippen LogP contribution in [0.1, 0.15) is 5.69 Å². The van der Waals surface area contributed by atoms with Crippen molar-refractivity contribution in [3.8, 4) is 5.75 Å². The fourth-order valence-corrected chi connectivity index (χ4v) is 2.29. The summed E-state index contributed by atoms with van der Waals surface area (Å²) >= 11 is 0. The molecule has 86 valence electrons. The predicted octanol–water partition coefficient (Wildman–Crippen LogP) is 1.52. The van der Waals surface area contributed by atoms with E-state index in [0.29, 0.717) is 0 Å². The van der Waals surface area contributed by atoms with E-state index in [0.717, 1.165) is 32.8 Å². The molecule has 0 atom stereocenters. The highest BCUT2D eigenvalue weighted by Crippen LogP contribution is 2.30. The molecule has 0 fully saturated rings. The molecular formula is C15H10N2O. The number of hydrogen-bond acceptors (Lipinski definition) is 2. The Morgan fingerprint density at radius 1 is 1.06 bits per heavy atom. The zero-order chi connectivity index (χ0) is 11.9. The average molecular weight is 234 g/mol. The summed E-state index contributed by atoms with van der Waals surface area (Å²) in [7, 11) is 0. The van der Waals surface area contributed by atoms with Gasteiger partial charge in [-0.2, -0.15) is 0 Å². The third kappa shape index (κ3) is 1.27. The van der Waals surface area contributed by atoms with Crippen molar-refractivity contribution < 1.29 is 4.74 Å². The smallest absolute Gasteiger partial charge is 0.159 e. The van der Waals surface area contributed by atoms with Crippen LogP contribution in [0.2, 0.25) is 0 Å². The Morgan fingerprint density at radius 3 is 3.00 bits per heavy atom. The molecule has 2 aromatic heterocycles. The van der Waals surface area contributed by atoms with Gasteiger partial charge in [0.25, 0.3) is 0 Å². The summed E-state index contributed by atoms with van der Waals surface area (Å²) in [6, 6.07) is 10.1. The third-order valence-electron chi connectivity index (χ3n) is 3.18. The van der Waals surface area contributed by atoms with Gasteiger partial charge in [-0.25, -0.2) is 0 Å². The maximum atomic E-state index is 5.80. The molecule has 3 aromatic rings. The fraction of sp³-hybridized carbons (Fsp3) is 0. The summed E-state index contributed by atoms with van der Waals surface area (Å²) in [5.74, 6) is 0.877. The standard InChI is InChI=1S/C15H10N2O/c1-2-4-13-12(3-1)15-14(17-13)7-10-5-6-16-8-11(10)9-18-15/h1-9,17H. The lowest BCUT2D eigenvalue weighted by Crippen LogP contribution is -2.24. The van der Waals surface area contributed by atoms with Crippen LogP contribution >= 0.6 is 0 Å². The second-order valence-electron chi connectivity index (χ2n) is 4.30. The summed E-state index contributed by atoms with van der Waals surface area (Å²) in [5, 5.41) is 3.20. The van der Waals surface area contributed by atoms with Gasteiger partial charge in [-0.3, -0.25) is 4.98 Å². The van der Waals surface area contributed by atoms with E-state index in [9.17, 15) is 0 Å². The van der Waals surface area contributed by atoms with Gasteiger partial charge >= 0.3 is 0 Å². The SMILES string of the molecule is C1=c2ccncc2=COc2c1[nH]c1ccccc21. The van der Waals surface area contributed by atoms with Crippen molar-refractivity contribution in [2.45, 2.75) is 0 Å². The predicted molar refractivity (Wildman–Crippen MR) is 70.4 cm³/mol. The molecule has 1 aromatic carbocycles. The van der Waals surface area contributed by atoms with Gasteiger partial charge in [0.15, 0.2) is 5.75 Å². The first-order valence-electron chi connectivity index (χ1n) is 5.81. The van der Waals surface area contributed by atoms with Gasteiger partial charge < -0.3 is 9.72 Å². The molecule has 0 amide bonds. The van der Waals surface area contributed by atoms with Crippen molar-refractivity contribution in [2.75, 3.05) is 0 Å². The molecule has 0 saturated carbocycles. The van der Waals surface area contributed by atoms with Crippen LogP contribution in [0.4, 0.5) is 0 Å². The van der Waals surface area contributed by atoms with E-state index in [1.165, 1.54) is 0 Å². The number of H-pyrrole nitrogens is 1. The molecule has 3 heteroatoms. The molecule has 0 radical (unpaired) electrons. The van der Waals surface area contributed by atoms with Crippen LogP contribution in [-0.4, -0.2) is 9.97 Å². The van der Waals surface area contributed by atoms with Crippen LogP contribution in [0.15, 0.2) is 42.7 Å². The first-order chi connectivity index (χ1) is 8.92. The number of rotatable bonds is 0. The zero-order valence-corrected chi connectivity index (χ0v) is 9.55. The Bertz CT molecular complexity index is 862. The van der Waals surface area contributed by atoms with Crippen LogP contribution in [-0.2, 0) is 0 Å². The van der Waals surface area contributed by atoms with Crippen LogP contribution in [0, 0.1) is 0 Å². The normalized spacial score (nSPS) is 12.7. The Kier molecular flexibility index (Phi) is 1.83. The van der Waals surface area contributed by atoms with E-state index < -0.39 is 0 Å². The van der Waals surface area contributed by atoms with E-state index in [-0.39, 0.29) is 0 Å². The number of aromatic amines is 1. The summed E-state index contributed by atoms with van der Waals surface area (Å²) in [6.07, 6.45) is 7.44. The lowest BCUT2D eigenvalue weighted by Gasteiger charge is -1.97. The third-order valence-corrected chi connectivity index (χ3v) is 3.18. The largest absolute Gasteiger partial charge is 0.461 e. The van der Waals surface area contributed by atoms with E-state index in [2.05, 4.69) is 28.2 Å². The highest BCUT2D eigenvalue weighted by Gasteiger charge is 2.11. The Labute approximate surface area is 103 Å². The number of nitrogens with zero attached hydrogens (tertiary/aromatic N) is 1. The first kappa shape index (κ1) is 9.48. The van der Waals surface area contributed by atoms with E-state index >= 15 is 0 Å². The molecule has 18 heavy (non-hydrogen) atoms. The zero-order valence-electron chi connectivity index (χ0n) is 9.55. The Balaban J connectivity index is 2.11. The lowest BCUT2D eigenvalue weighted by atomic mass is 10.2. The Hall–Kier alpha value is -2.55. The topological polar surface area (TPSA) is 37.9 Å². The number of ether oxygens (including phenoxy) is 1. The van der Waals surface area contributed by atoms with Gasteiger partial charge in [0.2, 0.25) is 0 Å². The van der Waals surface area contributed by atoms with Crippen molar-refractivity contribution in [3.05, 3.63) is 58.9 Å². The molecule has 1 aliphatic heterocycles. The van der Waals surface area contributed by atoms with Crippen molar-refractivity contribution >= 4 is 23.2 Å². The molecule has 0 saturated heterocycles. The summed E-state index contributed by atoms with van der Waals surface area (Å²) in [6.45, 7) is 0. The van der Waals surface area contributed by atoms with Crippen molar-refractivity contribution in [1.29, 1.82) is 0 Å². The van der Waals surface area contributed by atoms with Crippen LogP contribution in [0.25, 0.3) is 23.2 Å². The van der Waals surface area contributed by atoms with Crippen LogP contribution < -0.4 is 15.2 Å². The minimum atomic E-state index is 0.877. The Morgan fingerprint density at radius 2 is 2.00 bits per heavy atom. The minimum Gasteiger partial charge on any atom is -0.461 e. The molecule has 4 rings (SSSR count). The molecule has 1 N–H and O–H groups in total. The van der Waals surface area contributed by atoms with E-state index in [1.807, 2.05) is 18.2 Å². The van der Waals surface area contributed by atoms with Gasteiger partial charge in [0.1, 0.15) is 6.26 Å². The average Bonchev–Trinajstić information content (AvgIpc) is 2.65. The second-order valence-corrected chi connectivity index (χ2v) is 4.30. The van der Waals surface area contributed by atoms with Crippen LogP contribution in [0.5, 0.6) is 5.75 Å². The molecule has 0 bridgehead atoms. The van der Waals surface area contributed by atoms with Crippen molar-refractivity contribution in [3.63, 3.8) is 0 Å². The first-order valence-corrected chi connectivity index (χ1v) is 5.81. The number of hydrogen-bond donors (Lipinski definition) is 1. The number of fused-ring (bicyclic) bond motifs is 4. The summed E-state index contributed by atoms with van der Waals surface area (Å²) in [5.41, 5.74) is 2.09. The molecule has 0 unspecified atom stereocenters. The minimum absolute atomic E-state index is 0.877. The van der Waals surface area contributed by atoms with Gasteiger partial charge in [-0.15, -0.1) is 0 Å². The maximum Gasteiger partial charge on any atom is 0.159 e. The summed E-state index contributed by atoms with van der Waals surface area (Å²) < 4.78 is 5.80. The van der Waals surface area contributed by atoms with Crippen molar-refractivity contribution in [2.24, 2.45) is 0 Å². The maximum absolute atomic E-state index is 5.80. The van der Waals surface area contributed by atoms with E-state index in [1.54, 1.807) is 18.7 Å². The van der Waals surface area contributed by atoms with Gasteiger partial charge in [0.05, 0.1) is 5.69 Å². The number of para-hydroxylation sites is 1. The summed E-state index contributed by atoms with van der Waals surface area (Å²) in [4.78, 5) is 7.48. The number of benzene rings is 1. The van der Waals surface area contributed by atoms with Gasteiger partial charge in [-0.1, -0.05) is 12.1 Å². The molecule has 1 aliphatic rings. The number of aromatic nitrogens is 2. The van der Waals surface area contributed by atoms with Gasteiger partial charge in [0, 0.05) is 28.5 Å². The molecule has 0 spiro atoms. The molecule has 3 nitrogen and oxygen atoms in total. The molecule has 3 heterocycles. The lowest BCUT2D eigenvalue weighted by molar-refractivity contribution is 0.545. The number of pyridine rings is 1. The monoisotopic (exact) mass is 234 g/mol. The quantitative estimate of drug-likeness (QED) is 0.640. The molecule has 0 aliphatic carbocycles. The van der Waals surface area contributed by atoms with Crippen LogP contribution in [0.3, 0.4) is 0 Å². The van der Waals surface area contributed by atoms with Crippen molar-refractivity contribution in [1.82, 2.24) is 9.97 Å². The van der Waals surface area contributed by atoms with E-state index in [4.69, 9.17) is 4.74 Å².